The fourth-order valence-corrected chi connectivity index (χ4v) is 2.73. The third-order valence-electron chi connectivity index (χ3n) is 3.33. The smallest absolute Gasteiger partial charge is 0.264 e. The number of hydrogen-bond acceptors (Lipinski definition) is 2. The highest BCUT2D eigenvalue weighted by molar-refractivity contribution is 7.91. The quantitative estimate of drug-likeness (QED) is 0.728. The van der Waals surface area contributed by atoms with E-state index < -0.39 is 11.4 Å². The molecule has 0 radical (unpaired) electrons. The third kappa shape index (κ3) is 2.45. The molecule has 5 heteroatoms. The van der Waals surface area contributed by atoms with Gasteiger partial charge in [-0.05, 0) is 25.7 Å². The highest BCUT2D eigenvalue weighted by atomic mass is 32.2. The summed E-state index contributed by atoms with van der Waals surface area (Å²) in [5.74, 6) is -0.0639. The Labute approximate surface area is 92.1 Å². The Morgan fingerprint density at radius 2 is 2.33 bits per heavy atom. The van der Waals surface area contributed by atoms with Crippen LogP contribution in [0.5, 0.6) is 0 Å². The van der Waals surface area contributed by atoms with Crippen LogP contribution in [-0.4, -0.2) is 21.9 Å². The van der Waals surface area contributed by atoms with Gasteiger partial charge in [0.2, 0.25) is 0 Å². The second-order valence-electron chi connectivity index (χ2n) is 4.76. The molecule has 86 valence electrons. The lowest BCUT2D eigenvalue weighted by atomic mass is 10.2. The molecule has 1 N–H and O–H groups in total. The van der Waals surface area contributed by atoms with E-state index in [1.165, 1.54) is 0 Å². The summed E-state index contributed by atoms with van der Waals surface area (Å²) in [5, 5.41) is 0. The molecule has 1 amide bonds. The lowest BCUT2D eigenvalue weighted by molar-refractivity contribution is -0.120. The number of rotatable bonds is 5. The first-order valence-corrected chi connectivity index (χ1v) is 6.50. The van der Waals surface area contributed by atoms with E-state index in [1.54, 1.807) is 0 Å². The van der Waals surface area contributed by atoms with Gasteiger partial charge in [-0.3, -0.25) is 9.18 Å². The molecule has 2 saturated carbocycles. The summed E-state index contributed by atoms with van der Waals surface area (Å²) in [6, 6.07) is 0. The zero-order valence-corrected chi connectivity index (χ0v) is 9.61. The van der Waals surface area contributed by atoms with Crippen LogP contribution in [0.1, 0.15) is 32.6 Å². The molecule has 0 bridgehead atoms. The predicted molar refractivity (Wildman–Crippen MR) is 56.1 cm³/mol. The number of alkyl halides is 1. The van der Waals surface area contributed by atoms with Crippen molar-refractivity contribution in [1.82, 2.24) is 4.72 Å². The predicted octanol–water partition coefficient (Wildman–Crippen LogP) is 1.31. The van der Waals surface area contributed by atoms with Gasteiger partial charge in [-0.15, -0.1) is 0 Å². The van der Waals surface area contributed by atoms with Crippen LogP contribution in [0.2, 0.25) is 0 Å². The van der Waals surface area contributed by atoms with Gasteiger partial charge in [-0.25, -0.2) is 0 Å². The van der Waals surface area contributed by atoms with Crippen LogP contribution in [0.15, 0.2) is 0 Å². The molecule has 0 aromatic carbocycles. The summed E-state index contributed by atoms with van der Waals surface area (Å²) < 4.78 is 26.0. The van der Waals surface area contributed by atoms with Crippen LogP contribution in [0.4, 0.5) is 4.39 Å². The summed E-state index contributed by atoms with van der Waals surface area (Å²) in [7, 11) is 0. The topological polar surface area (TPSA) is 52.2 Å². The van der Waals surface area contributed by atoms with E-state index in [1.807, 2.05) is 6.92 Å². The number of amides is 1. The highest BCUT2D eigenvalue weighted by Crippen LogP contribution is 2.44. The molecule has 2 rings (SSSR count). The van der Waals surface area contributed by atoms with Crippen molar-refractivity contribution in [2.24, 2.45) is 11.8 Å². The van der Waals surface area contributed by atoms with Gasteiger partial charge < -0.3 is 4.55 Å². The van der Waals surface area contributed by atoms with Gasteiger partial charge in [0.15, 0.2) is 0 Å². The van der Waals surface area contributed by atoms with Gasteiger partial charge in [0, 0.05) is 18.8 Å². The summed E-state index contributed by atoms with van der Waals surface area (Å²) in [5.41, 5.74) is 0. The molecule has 0 aromatic heterocycles. The molecule has 3 atom stereocenters. The minimum Gasteiger partial charge on any atom is -0.593 e. The van der Waals surface area contributed by atoms with Crippen LogP contribution in [-0.2, 0) is 16.2 Å². The Morgan fingerprint density at radius 3 is 2.87 bits per heavy atom. The average molecular weight is 233 g/mol. The fraction of sp³-hybridized carbons (Fsp3) is 0.900. The molecule has 3 nitrogen and oxygen atoms in total. The molecular formula is C10H16FNO2S. The first-order chi connectivity index (χ1) is 7.07. The molecule has 0 saturated heterocycles. The minimum absolute atomic E-state index is 0.0907. The van der Waals surface area contributed by atoms with Gasteiger partial charge in [-0.2, -0.15) is 4.72 Å². The van der Waals surface area contributed by atoms with Crippen molar-refractivity contribution in [1.29, 1.82) is 0 Å². The number of hydrogen-bond donors (Lipinski definition) is 1. The first kappa shape index (κ1) is 11.2. The highest BCUT2D eigenvalue weighted by Gasteiger charge is 2.53. The zero-order valence-electron chi connectivity index (χ0n) is 8.79. The molecule has 2 fully saturated rings. The number of halogens is 1. The Balaban J connectivity index is 1.74. The summed E-state index contributed by atoms with van der Waals surface area (Å²) >= 11 is -1.25. The molecule has 0 heterocycles. The van der Waals surface area contributed by atoms with E-state index in [2.05, 4.69) is 4.72 Å². The first-order valence-electron chi connectivity index (χ1n) is 5.35. The molecular weight excluding hydrogens is 217 g/mol. The summed E-state index contributed by atoms with van der Waals surface area (Å²) in [6.07, 6.45) is 3.04. The van der Waals surface area contributed by atoms with E-state index in [0.717, 1.165) is 19.3 Å². The van der Waals surface area contributed by atoms with Crippen molar-refractivity contribution in [3.8, 4) is 0 Å². The maximum absolute atomic E-state index is 12.0. The zero-order chi connectivity index (χ0) is 11.1. The van der Waals surface area contributed by atoms with Crippen LogP contribution in [0.25, 0.3) is 0 Å². The van der Waals surface area contributed by atoms with E-state index in [-0.39, 0.29) is 29.2 Å². The third-order valence-corrected chi connectivity index (χ3v) is 5.02. The van der Waals surface area contributed by atoms with Crippen LogP contribution in [0.3, 0.4) is 0 Å². The van der Waals surface area contributed by atoms with Crippen molar-refractivity contribution in [3.63, 3.8) is 0 Å². The monoisotopic (exact) mass is 233 g/mol. The number of carbonyl (C=O) groups excluding carboxylic acids is 1. The molecule has 0 aromatic rings. The molecule has 2 aliphatic carbocycles. The SMILES string of the molecule is CC1([S+]([O-])NC(=O)C2CC2CCF)CC1. The fourth-order valence-electron chi connectivity index (χ4n) is 1.68. The molecule has 15 heavy (non-hydrogen) atoms. The minimum atomic E-state index is -1.25. The number of carbonyl (C=O) groups is 1. The molecule has 2 aliphatic rings. The van der Waals surface area contributed by atoms with Gasteiger partial charge in [0.25, 0.3) is 5.91 Å². The van der Waals surface area contributed by atoms with E-state index in [0.29, 0.717) is 6.42 Å². The Bertz CT molecular complexity index is 270. The number of nitrogens with one attached hydrogen (secondary N) is 1. The maximum atomic E-state index is 12.0. The average Bonchev–Trinajstić information content (AvgIpc) is 3.04. The van der Waals surface area contributed by atoms with Gasteiger partial charge in [-0.1, -0.05) is 0 Å². The Morgan fingerprint density at radius 1 is 1.67 bits per heavy atom. The van der Waals surface area contributed by atoms with E-state index in [4.69, 9.17) is 0 Å². The second-order valence-corrected chi connectivity index (χ2v) is 6.49. The standard InChI is InChI=1S/C10H16FNO2S/c1-10(3-4-10)15(14)12-9(13)8-6-7(8)2-5-11/h7-8H,2-6H2,1H3,(H,12,13). The van der Waals surface area contributed by atoms with Crippen molar-refractivity contribution in [3.05, 3.63) is 0 Å². The second kappa shape index (κ2) is 3.94. The van der Waals surface area contributed by atoms with Crippen molar-refractivity contribution < 1.29 is 13.7 Å². The van der Waals surface area contributed by atoms with Crippen LogP contribution < -0.4 is 4.72 Å². The van der Waals surface area contributed by atoms with Gasteiger partial charge in [0.1, 0.15) is 4.75 Å². The molecule has 0 spiro atoms. The molecule has 3 unspecified atom stereocenters. The molecule has 0 aliphatic heterocycles. The van der Waals surface area contributed by atoms with Gasteiger partial charge >= 0.3 is 0 Å². The van der Waals surface area contributed by atoms with E-state index >= 15 is 0 Å². The van der Waals surface area contributed by atoms with Crippen molar-refractivity contribution in [2.45, 2.75) is 37.4 Å². The summed E-state index contributed by atoms with van der Waals surface area (Å²) in [4.78, 5) is 11.5. The van der Waals surface area contributed by atoms with Crippen LogP contribution in [0, 0.1) is 11.8 Å². The lowest BCUT2D eigenvalue weighted by Gasteiger charge is -2.16. The normalized spacial score (nSPS) is 33.3. The Kier molecular flexibility index (Phi) is 2.94. The van der Waals surface area contributed by atoms with Crippen molar-refractivity contribution >= 4 is 17.3 Å². The maximum Gasteiger partial charge on any atom is 0.264 e. The largest absolute Gasteiger partial charge is 0.593 e. The van der Waals surface area contributed by atoms with Crippen LogP contribution >= 0.6 is 0 Å². The Hall–Kier alpha value is -0.290. The summed E-state index contributed by atoms with van der Waals surface area (Å²) in [6.45, 7) is 1.55. The lowest BCUT2D eigenvalue weighted by Crippen LogP contribution is -2.39. The van der Waals surface area contributed by atoms with Crippen molar-refractivity contribution in [2.75, 3.05) is 6.67 Å². The van der Waals surface area contributed by atoms with Gasteiger partial charge in [0.05, 0.1) is 18.0 Å². The van der Waals surface area contributed by atoms with E-state index in [9.17, 15) is 13.7 Å².